The van der Waals surface area contributed by atoms with Gasteiger partial charge in [0.1, 0.15) is 17.5 Å². The number of amides is 1. The highest BCUT2D eigenvalue weighted by Crippen LogP contribution is 2.22. The number of hydrogen-bond acceptors (Lipinski definition) is 7. The van der Waals surface area contributed by atoms with E-state index in [1.807, 2.05) is 6.92 Å². The predicted molar refractivity (Wildman–Crippen MR) is 138 cm³/mol. The summed E-state index contributed by atoms with van der Waals surface area (Å²) in [6, 6.07) is 12.2. The lowest BCUT2D eigenvalue weighted by Gasteiger charge is -2.17. The molecule has 3 aromatic rings. The Labute approximate surface area is 209 Å². The molecule has 0 aliphatic carbocycles. The molecule has 0 spiro atoms. The molecule has 3 rings (SSSR count). The Balaban J connectivity index is 1.69. The number of hydrogen-bond donors (Lipinski definition) is 4. The summed E-state index contributed by atoms with van der Waals surface area (Å²) in [4.78, 5) is 25.0. The van der Waals surface area contributed by atoms with Crippen LogP contribution in [0.2, 0.25) is 0 Å². The maximum Gasteiger partial charge on any atom is 0.324 e. The number of sulfonamides is 1. The van der Waals surface area contributed by atoms with Crippen LogP contribution in [0, 0.1) is 5.41 Å². The molecule has 1 heterocycles. The average Bonchev–Trinajstić information content (AvgIpc) is 3.27. The number of ether oxygens (including phenoxy) is 1. The lowest BCUT2D eigenvalue weighted by molar-refractivity contribution is -0.145. The summed E-state index contributed by atoms with van der Waals surface area (Å²) in [6.45, 7) is 3.67. The molecule has 0 aliphatic heterocycles. The molecule has 0 aliphatic rings. The first kappa shape index (κ1) is 26.9. The molecule has 2 aromatic carbocycles. The van der Waals surface area contributed by atoms with Gasteiger partial charge in [0.15, 0.2) is 5.76 Å². The Morgan fingerprint density at radius 1 is 1.11 bits per heavy atom. The van der Waals surface area contributed by atoms with Crippen LogP contribution in [0.1, 0.15) is 48.4 Å². The lowest BCUT2D eigenvalue weighted by atomic mass is 10.1. The van der Waals surface area contributed by atoms with Gasteiger partial charge in [0.2, 0.25) is 10.0 Å². The number of carbonyl (C=O) groups is 2. The topological polar surface area (TPSA) is 165 Å². The van der Waals surface area contributed by atoms with Crippen LogP contribution in [0.15, 0.2) is 52.9 Å². The maximum absolute atomic E-state index is 12.7. The standard InChI is InChI=1S/C25H30N4O6S/c1-3-5-12-36(32,33)29-20(25(31)34-4-2)13-16-6-9-19(10-7-16)28-24(30)22-15-18-14-17(23(26)27)8-11-21(18)35-22/h6-11,14-15,20,29H,3-5,12-13H2,1-2H3,(H3,26,27)(H,28,30)/t20-/m0/s1. The molecule has 5 N–H and O–H groups in total. The van der Waals surface area contributed by atoms with E-state index in [-0.39, 0.29) is 30.4 Å². The number of esters is 1. The molecule has 0 fully saturated rings. The molecule has 1 aromatic heterocycles. The van der Waals surface area contributed by atoms with Gasteiger partial charge >= 0.3 is 5.97 Å². The first-order valence-electron chi connectivity index (χ1n) is 11.6. The van der Waals surface area contributed by atoms with Crippen molar-refractivity contribution in [2.24, 2.45) is 5.73 Å². The molecule has 0 saturated carbocycles. The number of nitrogens with one attached hydrogen (secondary N) is 3. The predicted octanol–water partition coefficient (Wildman–Crippen LogP) is 3.16. The largest absolute Gasteiger partial charge is 0.465 e. The zero-order valence-electron chi connectivity index (χ0n) is 20.2. The number of fused-ring (bicyclic) bond motifs is 1. The van der Waals surface area contributed by atoms with Gasteiger partial charge in [-0.3, -0.25) is 15.0 Å². The fourth-order valence-electron chi connectivity index (χ4n) is 3.50. The summed E-state index contributed by atoms with van der Waals surface area (Å²) in [6.07, 6.45) is 1.30. The molecule has 0 bridgehead atoms. The molecular weight excluding hydrogens is 484 g/mol. The fraction of sp³-hybridized carbons (Fsp3) is 0.320. The number of amidine groups is 1. The Bertz CT molecular complexity index is 1350. The van der Waals surface area contributed by atoms with Crippen LogP contribution in [0.3, 0.4) is 0 Å². The average molecular weight is 515 g/mol. The summed E-state index contributed by atoms with van der Waals surface area (Å²) in [5.74, 6) is -1.16. The molecule has 0 radical (unpaired) electrons. The minimum atomic E-state index is -3.64. The van der Waals surface area contributed by atoms with E-state index in [9.17, 15) is 18.0 Å². The summed E-state index contributed by atoms with van der Waals surface area (Å²) in [5.41, 5.74) is 7.71. The van der Waals surface area contributed by atoms with Crippen molar-refractivity contribution in [1.29, 1.82) is 5.41 Å². The zero-order chi connectivity index (χ0) is 26.3. The molecule has 192 valence electrons. The number of unbranched alkanes of at least 4 members (excludes halogenated alkanes) is 1. The number of anilines is 1. The smallest absolute Gasteiger partial charge is 0.324 e. The third-order valence-corrected chi connectivity index (χ3v) is 6.83. The van der Waals surface area contributed by atoms with Crippen molar-refractivity contribution in [1.82, 2.24) is 4.72 Å². The quantitative estimate of drug-likeness (QED) is 0.164. The van der Waals surface area contributed by atoms with Gasteiger partial charge in [0.05, 0.1) is 12.4 Å². The highest BCUT2D eigenvalue weighted by Gasteiger charge is 2.25. The monoisotopic (exact) mass is 514 g/mol. The maximum atomic E-state index is 12.7. The SMILES string of the molecule is CCCCS(=O)(=O)N[C@@H](Cc1ccc(NC(=O)c2cc3cc(C(=N)N)ccc3o2)cc1)C(=O)OCC. The van der Waals surface area contributed by atoms with Gasteiger partial charge in [0.25, 0.3) is 5.91 Å². The third-order valence-electron chi connectivity index (χ3n) is 5.36. The van der Waals surface area contributed by atoms with E-state index in [2.05, 4.69) is 10.0 Å². The Kier molecular flexibility index (Phi) is 8.83. The van der Waals surface area contributed by atoms with Crippen molar-refractivity contribution in [2.45, 2.75) is 39.2 Å². The van der Waals surface area contributed by atoms with E-state index in [0.29, 0.717) is 40.6 Å². The number of rotatable bonds is 12. The van der Waals surface area contributed by atoms with Crippen LogP contribution in [0.25, 0.3) is 11.0 Å². The van der Waals surface area contributed by atoms with Crippen molar-refractivity contribution in [3.05, 3.63) is 65.4 Å². The summed E-state index contributed by atoms with van der Waals surface area (Å²) in [5, 5.41) is 10.9. The van der Waals surface area contributed by atoms with Gasteiger partial charge in [-0.25, -0.2) is 13.1 Å². The third kappa shape index (κ3) is 7.15. The van der Waals surface area contributed by atoms with Crippen LogP contribution in [0.5, 0.6) is 0 Å². The van der Waals surface area contributed by atoms with Crippen molar-refractivity contribution in [3.8, 4) is 0 Å². The van der Waals surface area contributed by atoms with Gasteiger partial charge in [-0.05, 0) is 61.7 Å². The summed E-state index contributed by atoms with van der Waals surface area (Å²) in [7, 11) is -3.64. The fourth-order valence-corrected chi connectivity index (χ4v) is 4.90. The molecule has 10 nitrogen and oxygen atoms in total. The number of carbonyl (C=O) groups excluding carboxylic acids is 2. The number of benzene rings is 2. The second-order valence-electron chi connectivity index (χ2n) is 8.23. The van der Waals surface area contributed by atoms with Gasteiger partial charge < -0.3 is 20.2 Å². The molecular formula is C25H30N4O6S. The molecule has 11 heteroatoms. The Morgan fingerprint density at radius 2 is 1.83 bits per heavy atom. The Hall–Kier alpha value is -3.70. The van der Waals surface area contributed by atoms with Gasteiger partial charge in [-0.15, -0.1) is 0 Å². The van der Waals surface area contributed by atoms with Gasteiger partial charge in [-0.1, -0.05) is 25.5 Å². The van der Waals surface area contributed by atoms with Crippen LogP contribution in [0.4, 0.5) is 5.69 Å². The van der Waals surface area contributed by atoms with Crippen LogP contribution in [-0.2, 0) is 26.0 Å². The second-order valence-corrected chi connectivity index (χ2v) is 10.1. The van der Waals surface area contributed by atoms with E-state index in [1.165, 1.54) is 0 Å². The van der Waals surface area contributed by atoms with Crippen molar-refractivity contribution in [2.75, 3.05) is 17.7 Å². The van der Waals surface area contributed by atoms with Crippen LogP contribution < -0.4 is 15.8 Å². The van der Waals surface area contributed by atoms with E-state index in [4.69, 9.17) is 20.3 Å². The number of nitrogens with two attached hydrogens (primary N) is 1. The van der Waals surface area contributed by atoms with E-state index < -0.39 is 27.9 Å². The molecule has 0 saturated heterocycles. The first-order chi connectivity index (χ1) is 17.1. The van der Waals surface area contributed by atoms with E-state index in [0.717, 1.165) is 0 Å². The number of furan rings is 1. The molecule has 36 heavy (non-hydrogen) atoms. The van der Waals surface area contributed by atoms with E-state index in [1.54, 1.807) is 55.5 Å². The highest BCUT2D eigenvalue weighted by molar-refractivity contribution is 7.89. The molecule has 1 atom stereocenters. The van der Waals surface area contributed by atoms with Crippen LogP contribution >= 0.6 is 0 Å². The van der Waals surface area contributed by atoms with Crippen molar-refractivity contribution >= 4 is 44.4 Å². The van der Waals surface area contributed by atoms with E-state index >= 15 is 0 Å². The molecule has 1 amide bonds. The van der Waals surface area contributed by atoms with Crippen LogP contribution in [-0.4, -0.2) is 44.5 Å². The molecule has 0 unspecified atom stereocenters. The zero-order valence-corrected chi connectivity index (χ0v) is 21.0. The highest BCUT2D eigenvalue weighted by atomic mass is 32.2. The summed E-state index contributed by atoms with van der Waals surface area (Å²) >= 11 is 0. The van der Waals surface area contributed by atoms with Gasteiger partial charge in [-0.2, -0.15) is 0 Å². The van der Waals surface area contributed by atoms with Gasteiger partial charge in [0, 0.05) is 16.6 Å². The first-order valence-corrected chi connectivity index (χ1v) is 13.2. The minimum absolute atomic E-state index is 0.0672. The van der Waals surface area contributed by atoms with Crippen molar-refractivity contribution < 1.29 is 27.2 Å². The summed E-state index contributed by atoms with van der Waals surface area (Å²) < 4.78 is 37.8. The minimum Gasteiger partial charge on any atom is -0.465 e. The normalized spacial score (nSPS) is 12.3. The lowest BCUT2D eigenvalue weighted by Crippen LogP contribution is -2.44. The second kappa shape index (κ2) is 11.8. The van der Waals surface area contributed by atoms with Crippen molar-refractivity contribution in [3.63, 3.8) is 0 Å². The number of nitrogen functional groups attached to an aromatic ring is 1. The Morgan fingerprint density at radius 3 is 2.47 bits per heavy atom.